The number of aromatic nitrogens is 1. The van der Waals surface area contributed by atoms with Crippen LogP contribution in [0, 0.1) is 5.92 Å². The lowest BCUT2D eigenvalue weighted by Gasteiger charge is -1.93. The van der Waals surface area contributed by atoms with Crippen molar-refractivity contribution < 1.29 is 9.90 Å². The molecule has 0 amide bonds. The van der Waals surface area contributed by atoms with Crippen LogP contribution in [0.15, 0.2) is 12.3 Å². The molecule has 2 rings (SSSR count). The summed E-state index contributed by atoms with van der Waals surface area (Å²) in [5, 5.41) is 8.81. The van der Waals surface area contributed by atoms with E-state index in [9.17, 15) is 4.79 Å². The molecule has 1 fully saturated rings. The average Bonchev–Trinajstić information content (AvgIpc) is 2.75. The Bertz CT molecular complexity index is 337. The quantitative estimate of drug-likeness (QED) is 0.767. The maximum absolute atomic E-state index is 10.7. The number of rotatable bonds is 3. The molecule has 1 N–H and O–H groups in total. The Morgan fingerprint density at radius 3 is 2.85 bits per heavy atom. The highest BCUT2D eigenvalue weighted by Gasteiger charge is 2.22. The SMILES string of the molecule is Cn1cc(CC2CC2)cc1C(=O)O. The van der Waals surface area contributed by atoms with Crippen LogP contribution >= 0.6 is 0 Å². The van der Waals surface area contributed by atoms with Gasteiger partial charge < -0.3 is 9.67 Å². The molecule has 0 unspecified atom stereocenters. The maximum atomic E-state index is 10.7. The van der Waals surface area contributed by atoms with Crippen molar-refractivity contribution in [1.29, 1.82) is 0 Å². The number of hydrogen-bond acceptors (Lipinski definition) is 1. The highest BCUT2D eigenvalue weighted by atomic mass is 16.4. The molecule has 0 bridgehead atoms. The Balaban J connectivity index is 2.18. The van der Waals surface area contributed by atoms with E-state index in [4.69, 9.17) is 5.11 Å². The second kappa shape index (κ2) is 2.91. The van der Waals surface area contributed by atoms with Gasteiger partial charge in [0.05, 0.1) is 0 Å². The predicted molar refractivity (Wildman–Crippen MR) is 48.8 cm³/mol. The summed E-state index contributed by atoms with van der Waals surface area (Å²) in [5.74, 6) is -0.0337. The molecule has 3 heteroatoms. The van der Waals surface area contributed by atoms with Crippen LogP contribution in [-0.4, -0.2) is 15.6 Å². The first-order valence-corrected chi connectivity index (χ1v) is 4.55. The van der Waals surface area contributed by atoms with Gasteiger partial charge in [0.15, 0.2) is 0 Å². The molecule has 0 aromatic carbocycles. The minimum Gasteiger partial charge on any atom is -0.477 e. The van der Waals surface area contributed by atoms with Crippen molar-refractivity contribution in [3.8, 4) is 0 Å². The van der Waals surface area contributed by atoms with Crippen LogP contribution < -0.4 is 0 Å². The van der Waals surface area contributed by atoms with Gasteiger partial charge in [-0.15, -0.1) is 0 Å². The third-order valence-corrected chi connectivity index (χ3v) is 2.50. The van der Waals surface area contributed by atoms with Crippen molar-refractivity contribution in [3.05, 3.63) is 23.5 Å². The second-order valence-corrected chi connectivity index (χ2v) is 3.80. The summed E-state index contributed by atoms with van der Waals surface area (Å²) < 4.78 is 1.68. The first kappa shape index (κ1) is 8.35. The van der Waals surface area contributed by atoms with E-state index in [2.05, 4.69) is 0 Å². The zero-order chi connectivity index (χ0) is 9.42. The van der Waals surface area contributed by atoms with Gasteiger partial charge in [0, 0.05) is 13.2 Å². The molecular formula is C10H13NO2. The summed E-state index contributed by atoms with van der Waals surface area (Å²) in [6, 6.07) is 1.78. The van der Waals surface area contributed by atoms with E-state index in [1.165, 1.54) is 12.8 Å². The monoisotopic (exact) mass is 179 g/mol. The zero-order valence-corrected chi connectivity index (χ0v) is 7.66. The van der Waals surface area contributed by atoms with Gasteiger partial charge in [-0.3, -0.25) is 0 Å². The summed E-state index contributed by atoms with van der Waals surface area (Å²) in [5.41, 5.74) is 1.54. The molecule has 1 aromatic heterocycles. The van der Waals surface area contributed by atoms with Gasteiger partial charge in [-0.2, -0.15) is 0 Å². The van der Waals surface area contributed by atoms with Gasteiger partial charge in [-0.1, -0.05) is 0 Å². The van der Waals surface area contributed by atoms with Gasteiger partial charge in [0.25, 0.3) is 0 Å². The molecular weight excluding hydrogens is 166 g/mol. The van der Waals surface area contributed by atoms with Crippen molar-refractivity contribution in [2.75, 3.05) is 0 Å². The normalized spacial score (nSPS) is 16.1. The summed E-state index contributed by atoms with van der Waals surface area (Å²) in [4.78, 5) is 10.7. The molecule has 0 spiro atoms. The molecule has 0 radical (unpaired) electrons. The Morgan fingerprint density at radius 2 is 2.38 bits per heavy atom. The minimum atomic E-state index is -0.843. The number of carboxylic acids is 1. The van der Waals surface area contributed by atoms with Crippen LogP contribution in [0.3, 0.4) is 0 Å². The fraction of sp³-hybridized carbons (Fsp3) is 0.500. The van der Waals surface area contributed by atoms with Crippen molar-refractivity contribution in [2.24, 2.45) is 13.0 Å². The fourth-order valence-electron chi connectivity index (χ4n) is 1.61. The lowest BCUT2D eigenvalue weighted by atomic mass is 10.2. The molecule has 70 valence electrons. The fourth-order valence-corrected chi connectivity index (χ4v) is 1.61. The van der Waals surface area contributed by atoms with Crippen LogP contribution in [0.2, 0.25) is 0 Å². The molecule has 1 aromatic rings. The standard InChI is InChI=1S/C10H13NO2/c1-11-6-8(4-7-2-3-7)5-9(11)10(12)13/h5-7H,2-4H2,1H3,(H,12,13). The lowest BCUT2D eigenvalue weighted by Crippen LogP contribution is -2.02. The Kier molecular flexibility index (Phi) is 1.87. The van der Waals surface area contributed by atoms with E-state index in [1.54, 1.807) is 17.7 Å². The van der Waals surface area contributed by atoms with Crippen LogP contribution in [0.4, 0.5) is 0 Å². The minimum absolute atomic E-state index is 0.385. The Hall–Kier alpha value is -1.25. The Labute approximate surface area is 77.0 Å². The maximum Gasteiger partial charge on any atom is 0.352 e. The molecule has 1 aliphatic carbocycles. The molecule has 0 saturated heterocycles. The molecule has 3 nitrogen and oxygen atoms in total. The van der Waals surface area contributed by atoms with Crippen molar-refractivity contribution in [3.63, 3.8) is 0 Å². The van der Waals surface area contributed by atoms with E-state index in [0.29, 0.717) is 5.69 Å². The van der Waals surface area contributed by atoms with E-state index < -0.39 is 5.97 Å². The first-order chi connectivity index (χ1) is 6.16. The summed E-state index contributed by atoms with van der Waals surface area (Å²) in [6.45, 7) is 0. The Morgan fingerprint density at radius 1 is 1.69 bits per heavy atom. The average molecular weight is 179 g/mol. The van der Waals surface area contributed by atoms with Crippen LogP contribution in [0.1, 0.15) is 28.9 Å². The van der Waals surface area contributed by atoms with Crippen LogP contribution in [0.5, 0.6) is 0 Å². The van der Waals surface area contributed by atoms with Crippen molar-refractivity contribution in [1.82, 2.24) is 4.57 Å². The van der Waals surface area contributed by atoms with E-state index in [1.807, 2.05) is 6.20 Å². The smallest absolute Gasteiger partial charge is 0.352 e. The molecule has 1 aliphatic rings. The largest absolute Gasteiger partial charge is 0.477 e. The number of aryl methyl sites for hydroxylation is 1. The molecule has 0 aliphatic heterocycles. The van der Waals surface area contributed by atoms with E-state index >= 15 is 0 Å². The first-order valence-electron chi connectivity index (χ1n) is 4.55. The highest BCUT2D eigenvalue weighted by Crippen LogP contribution is 2.32. The summed E-state index contributed by atoms with van der Waals surface area (Å²) >= 11 is 0. The van der Waals surface area contributed by atoms with E-state index in [-0.39, 0.29) is 0 Å². The van der Waals surface area contributed by atoms with Crippen LogP contribution in [-0.2, 0) is 13.5 Å². The molecule has 0 atom stereocenters. The van der Waals surface area contributed by atoms with Gasteiger partial charge in [0.1, 0.15) is 5.69 Å². The third kappa shape index (κ3) is 1.74. The number of carbonyl (C=O) groups is 1. The van der Waals surface area contributed by atoms with Gasteiger partial charge >= 0.3 is 5.97 Å². The highest BCUT2D eigenvalue weighted by molar-refractivity contribution is 5.86. The summed E-state index contributed by atoms with van der Waals surface area (Å²) in [6.07, 6.45) is 5.57. The number of nitrogens with zero attached hydrogens (tertiary/aromatic N) is 1. The number of aromatic carboxylic acids is 1. The third-order valence-electron chi connectivity index (χ3n) is 2.50. The molecule has 13 heavy (non-hydrogen) atoms. The van der Waals surface area contributed by atoms with Gasteiger partial charge in [0.2, 0.25) is 0 Å². The van der Waals surface area contributed by atoms with Gasteiger partial charge in [-0.25, -0.2) is 4.79 Å². The number of hydrogen-bond donors (Lipinski definition) is 1. The molecule has 1 heterocycles. The second-order valence-electron chi connectivity index (χ2n) is 3.80. The predicted octanol–water partition coefficient (Wildman–Crippen LogP) is 1.68. The van der Waals surface area contributed by atoms with Crippen molar-refractivity contribution >= 4 is 5.97 Å². The van der Waals surface area contributed by atoms with Crippen molar-refractivity contribution in [2.45, 2.75) is 19.3 Å². The lowest BCUT2D eigenvalue weighted by molar-refractivity contribution is 0.0686. The molecule has 1 saturated carbocycles. The number of carboxylic acid groups (broad SMARTS) is 1. The van der Waals surface area contributed by atoms with E-state index in [0.717, 1.165) is 17.9 Å². The summed E-state index contributed by atoms with van der Waals surface area (Å²) in [7, 11) is 1.78. The van der Waals surface area contributed by atoms with Crippen LogP contribution in [0.25, 0.3) is 0 Å². The van der Waals surface area contributed by atoms with Gasteiger partial charge in [-0.05, 0) is 36.8 Å². The zero-order valence-electron chi connectivity index (χ0n) is 7.66. The topological polar surface area (TPSA) is 42.2 Å².